The lowest BCUT2D eigenvalue weighted by molar-refractivity contribution is 0.0697. The predicted octanol–water partition coefficient (Wildman–Crippen LogP) is 3.75. The van der Waals surface area contributed by atoms with E-state index in [1.807, 2.05) is 17.8 Å². The molecular weight excluding hydrogens is 284 g/mol. The minimum absolute atomic E-state index is 0.338. The van der Waals surface area contributed by atoms with Gasteiger partial charge in [0.1, 0.15) is 5.82 Å². The third-order valence-electron chi connectivity index (χ3n) is 4.38. The van der Waals surface area contributed by atoms with E-state index >= 15 is 0 Å². The average molecular weight is 304 g/mol. The lowest BCUT2D eigenvalue weighted by Gasteiger charge is -2.22. The van der Waals surface area contributed by atoms with Gasteiger partial charge in [-0.2, -0.15) is 11.8 Å². The number of thioether (sulfide) groups is 1. The summed E-state index contributed by atoms with van der Waals surface area (Å²) in [5.74, 6) is 0.189. The molecule has 1 heterocycles. The molecule has 1 aliphatic carbocycles. The van der Waals surface area contributed by atoms with E-state index < -0.39 is 5.97 Å². The zero-order chi connectivity index (χ0) is 15.0. The SMILES string of the molecule is CCc1nc2ccc(C(=O)O)cc2n1C1CCCC1SC. The molecule has 0 bridgehead atoms. The largest absolute Gasteiger partial charge is 0.478 e. The summed E-state index contributed by atoms with van der Waals surface area (Å²) in [6, 6.07) is 5.68. The van der Waals surface area contributed by atoms with Crippen LogP contribution in [0.2, 0.25) is 0 Å². The molecule has 0 radical (unpaired) electrons. The number of fused-ring (bicyclic) bond motifs is 1. The average Bonchev–Trinajstić information content (AvgIpc) is 3.08. The number of benzene rings is 1. The summed E-state index contributed by atoms with van der Waals surface area (Å²) < 4.78 is 2.30. The van der Waals surface area contributed by atoms with Crippen molar-refractivity contribution in [3.05, 3.63) is 29.6 Å². The number of hydrogen-bond acceptors (Lipinski definition) is 3. The van der Waals surface area contributed by atoms with Crippen molar-refractivity contribution < 1.29 is 9.90 Å². The van der Waals surface area contributed by atoms with Crippen molar-refractivity contribution in [3.63, 3.8) is 0 Å². The number of aryl methyl sites for hydroxylation is 1. The van der Waals surface area contributed by atoms with E-state index in [4.69, 9.17) is 4.98 Å². The Hall–Kier alpha value is -1.49. The highest BCUT2D eigenvalue weighted by molar-refractivity contribution is 7.99. The molecule has 1 N–H and O–H groups in total. The van der Waals surface area contributed by atoms with E-state index in [0.717, 1.165) is 29.7 Å². The molecule has 0 saturated heterocycles. The van der Waals surface area contributed by atoms with Gasteiger partial charge in [-0.3, -0.25) is 0 Å². The van der Waals surface area contributed by atoms with Gasteiger partial charge < -0.3 is 9.67 Å². The van der Waals surface area contributed by atoms with Crippen molar-refractivity contribution in [1.29, 1.82) is 0 Å². The highest BCUT2D eigenvalue weighted by Gasteiger charge is 2.30. The van der Waals surface area contributed by atoms with Crippen LogP contribution >= 0.6 is 11.8 Å². The Bertz CT molecular complexity index is 680. The van der Waals surface area contributed by atoms with Gasteiger partial charge in [0.25, 0.3) is 0 Å². The van der Waals surface area contributed by atoms with E-state index in [1.165, 1.54) is 12.8 Å². The zero-order valence-corrected chi connectivity index (χ0v) is 13.2. The molecule has 0 amide bonds. The summed E-state index contributed by atoms with van der Waals surface area (Å²) in [7, 11) is 0. The van der Waals surface area contributed by atoms with E-state index in [1.54, 1.807) is 12.1 Å². The number of imidazole rings is 1. The van der Waals surface area contributed by atoms with Gasteiger partial charge in [0.2, 0.25) is 0 Å². The van der Waals surface area contributed by atoms with Gasteiger partial charge in [0.05, 0.1) is 16.6 Å². The molecule has 1 aliphatic rings. The van der Waals surface area contributed by atoms with Crippen molar-refractivity contribution in [2.45, 2.75) is 43.9 Å². The van der Waals surface area contributed by atoms with Crippen molar-refractivity contribution in [2.75, 3.05) is 6.26 Å². The molecule has 0 spiro atoms. The Morgan fingerprint density at radius 1 is 1.48 bits per heavy atom. The summed E-state index contributed by atoms with van der Waals surface area (Å²) in [6.07, 6.45) is 6.65. The first kappa shape index (κ1) is 14.4. The van der Waals surface area contributed by atoms with Gasteiger partial charge in [-0.15, -0.1) is 0 Å². The lowest BCUT2D eigenvalue weighted by Crippen LogP contribution is -2.18. The van der Waals surface area contributed by atoms with Crippen LogP contribution in [0.1, 0.15) is 48.4 Å². The molecule has 5 heteroatoms. The first-order chi connectivity index (χ1) is 10.2. The summed E-state index contributed by atoms with van der Waals surface area (Å²) in [6.45, 7) is 2.11. The Morgan fingerprint density at radius 2 is 2.29 bits per heavy atom. The van der Waals surface area contributed by atoms with Gasteiger partial charge in [0, 0.05) is 17.7 Å². The highest BCUT2D eigenvalue weighted by atomic mass is 32.2. The monoisotopic (exact) mass is 304 g/mol. The minimum Gasteiger partial charge on any atom is -0.478 e. The third-order valence-corrected chi connectivity index (χ3v) is 5.53. The molecule has 1 aromatic carbocycles. The molecule has 3 rings (SSSR count). The maximum atomic E-state index is 11.2. The van der Waals surface area contributed by atoms with Crippen molar-refractivity contribution in [3.8, 4) is 0 Å². The molecular formula is C16H20N2O2S. The quantitative estimate of drug-likeness (QED) is 0.934. The second kappa shape index (κ2) is 5.72. The van der Waals surface area contributed by atoms with Gasteiger partial charge in [0.15, 0.2) is 0 Å². The molecule has 2 aromatic rings. The molecule has 4 nitrogen and oxygen atoms in total. The smallest absolute Gasteiger partial charge is 0.335 e. The number of rotatable bonds is 4. The summed E-state index contributed by atoms with van der Waals surface area (Å²) in [4.78, 5) is 15.9. The van der Waals surface area contributed by atoms with Gasteiger partial charge >= 0.3 is 5.97 Å². The first-order valence-electron chi connectivity index (χ1n) is 7.42. The van der Waals surface area contributed by atoms with Crippen LogP contribution in [0.3, 0.4) is 0 Å². The van der Waals surface area contributed by atoms with Crippen LogP contribution in [0.5, 0.6) is 0 Å². The summed E-state index contributed by atoms with van der Waals surface area (Å²) >= 11 is 1.91. The Kier molecular flexibility index (Phi) is 3.93. The molecule has 112 valence electrons. The normalized spacial score (nSPS) is 22.0. The Labute approximate surface area is 128 Å². The standard InChI is InChI=1S/C16H20N2O2S/c1-3-15-17-11-8-7-10(16(19)20)9-13(11)18(15)12-5-4-6-14(12)21-2/h7-9,12,14H,3-6H2,1-2H3,(H,19,20). The first-order valence-corrected chi connectivity index (χ1v) is 8.71. The number of carbonyl (C=O) groups is 1. The molecule has 21 heavy (non-hydrogen) atoms. The molecule has 1 fully saturated rings. The molecule has 2 atom stereocenters. The number of aromatic carboxylic acids is 1. The molecule has 1 saturated carbocycles. The fourth-order valence-electron chi connectivity index (χ4n) is 3.37. The van der Waals surface area contributed by atoms with Gasteiger partial charge in [-0.25, -0.2) is 9.78 Å². The van der Waals surface area contributed by atoms with Crippen LogP contribution in [-0.2, 0) is 6.42 Å². The second-order valence-electron chi connectivity index (χ2n) is 5.53. The molecule has 2 unspecified atom stereocenters. The van der Waals surface area contributed by atoms with E-state index in [9.17, 15) is 9.90 Å². The topological polar surface area (TPSA) is 55.1 Å². The maximum absolute atomic E-state index is 11.2. The van der Waals surface area contributed by atoms with Crippen molar-refractivity contribution in [2.24, 2.45) is 0 Å². The number of carboxylic acid groups (broad SMARTS) is 1. The van der Waals surface area contributed by atoms with Crippen LogP contribution in [0.15, 0.2) is 18.2 Å². The highest BCUT2D eigenvalue weighted by Crippen LogP contribution is 2.40. The van der Waals surface area contributed by atoms with Gasteiger partial charge in [-0.05, 0) is 37.3 Å². The third kappa shape index (κ3) is 2.44. The van der Waals surface area contributed by atoms with Gasteiger partial charge in [-0.1, -0.05) is 13.3 Å². The fourth-order valence-corrected chi connectivity index (χ4v) is 4.35. The van der Waals surface area contributed by atoms with Crippen LogP contribution in [0.25, 0.3) is 11.0 Å². The van der Waals surface area contributed by atoms with Crippen LogP contribution < -0.4 is 0 Å². The predicted molar refractivity (Wildman–Crippen MR) is 86.3 cm³/mol. The fraction of sp³-hybridized carbons (Fsp3) is 0.500. The summed E-state index contributed by atoms with van der Waals surface area (Å²) in [5.41, 5.74) is 2.21. The number of carboxylic acids is 1. The number of hydrogen-bond donors (Lipinski definition) is 1. The van der Waals surface area contributed by atoms with E-state index in [0.29, 0.717) is 16.9 Å². The maximum Gasteiger partial charge on any atom is 0.335 e. The van der Waals surface area contributed by atoms with Crippen molar-refractivity contribution in [1.82, 2.24) is 9.55 Å². The van der Waals surface area contributed by atoms with E-state index in [-0.39, 0.29) is 0 Å². The lowest BCUT2D eigenvalue weighted by atomic mass is 10.1. The Balaban J connectivity index is 2.18. The minimum atomic E-state index is -0.879. The second-order valence-corrected chi connectivity index (χ2v) is 6.61. The zero-order valence-electron chi connectivity index (χ0n) is 12.4. The number of aromatic nitrogens is 2. The van der Waals surface area contributed by atoms with Crippen molar-refractivity contribution >= 4 is 28.8 Å². The van der Waals surface area contributed by atoms with Crippen LogP contribution in [-0.4, -0.2) is 32.1 Å². The van der Waals surface area contributed by atoms with Crippen LogP contribution in [0.4, 0.5) is 0 Å². The molecule has 0 aliphatic heterocycles. The molecule has 1 aromatic heterocycles. The Morgan fingerprint density at radius 3 is 2.95 bits per heavy atom. The van der Waals surface area contributed by atoms with Crippen LogP contribution in [0, 0.1) is 0 Å². The summed E-state index contributed by atoms with van der Waals surface area (Å²) in [5, 5.41) is 9.83. The van der Waals surface area contributed by atoms with E-state index in [2.05, 4.69) is 17.7 Å². The number of nitrogens with zero attached hydrogens (tertiary/aromatic N) is 2.